The molecule has 180 valence electrons. The minimum atomic E-state index is -3.99. The Bertz CT molecular complexity index is 1260. The SMILES string of the molecule is CC[C@@H](NC(=O)CN(c1ccc(Cl)cc1C)S(=O)(=O)c1ccccc1)c1ccc(OC)c(C)c1. The fourth-order valence-electron chi connectivity index (χ4n) is 3.83. The van der Waals surface area contributed by atoms with Crippen molar-refractivity contribution in [2.75, 3.05) is 18.0 Å². The highest BCUT2D eigenvalue weighted by Gasteiger charge is 2.29. The van der Waals surface area contributed by atoms with Crippen molar-refractivity contribution >= 4 is 33.2 Å². The zero-order valence-electron chi connectivity index (χ0n) is 19.7. The molecule has 0 bridgehead atoms. The van der Waals surface area contributed by atoms with Crippen LogP contribution in [-0.4, -0.2) is 28.0 Å². The van der Waals surface area contributed by atoms with Gasteiger partial charge in [-0.3, -0.25) is 9.10 Å². The normalized spacial score (nSPS) is 12.1. The Morgan fingerprint density at radius 3 is 2.32 bits per heavy atom. The van der Waals surface area contributed by atoms with Gasteiger partial charge in [0.15, 0.2) is 0 Å². The maximum atomic E-state index is 13.5. The first-order chi connectivity index (χ1) is 16.2. The van der Waals surface area contributed by atoms with E-state index in [9.17, 15) is 13.2 Å². The van der Waals surface area contributed by atoms with E-state index in [1.807, 2.05) is 32.0 Å². The molecular formula is C26H29ClN2O4S. The minimum Gasteiger partial charge on any atom is -0.496 e. The minimum absolute atomic E-state index is 0.106. The van der Waals surface area contributed by atoms with E-state index < -0.39 is 15.9 Å². The predicted octanol–water partition coefficient (Wildman–Crippen LogP) is 5.43. The number of amides is 1. The summed E-state index contributed by atoms with van der Waals surface area (Å²) in [6.07, 6.45) is 0.642. The molecule has 34 heavy (non-hydrogen) atoms. The van der Waals surface area contributed by atoms with E-state index in [0.29, 0.717) is 22.7 Å². The fraction of sp³-hybridized carbons (Fsp3) is 0.269. The van der Waals surface area contributed by atoms with Gasteiger partial charge in [-0.1, -0.05) is 48.9 Å². The Labute approximate surface area is 206 Å². The average Bonchev–Trinajstić information content (AvgIpc) is 2.82. The van der Waals surface area contributed by atoms with Gasteiger partial charge in [0.1, 0.15) is 12.3 Å². The molecule has 8 heteroatoms. The number of carbonyl (C=O) groups excluding carboxylic acids is 1. The van der Waals surface area contributed by atoms with Crippen LogP contribution >= 0.6 is 11.6 Å². The number of hydrogen-bond donors (Lipinski definition) is 1. The summed E-state index contributed by atoms with van der Waals surface area (Å²) in [7, 11) is -2.38. The highest BCUT2D eigenvalue weighted by molar-refractivity contribution is 7.92. The van der Waals surface area contributed by atoms with E-state index in [1.54, 1.807) is 50.4 Å². The number of nitrogens with zero attached hydrogens (tertiary/aromatic N) is 1. The number of halogens is 1. The fourth-order valence-corrected chi connectivity index (χ4v) is 5.56. The lowest BCUT2D eigenvalue weighted by atomic mass is 10.0. The second-order valence-corrected chi connectivity index (χ2v) is 10.3. The van der Waals surface area contributed by atoms with Crippen LogP contribution in [0, 0.1) is 13.8 Å². The maximum Gasteiger partial charge on any atom is 0.264 e. The third kappa shape index (κ3) is 5.72. The second-order valence-electron chi connectivity index (χ2n) is 8.01. The zero-order valence-corrected chi connectivity index (χ0v) is 21.3. The molecule has 0 aromatic heterocycles. The molecule has 0 aliphatic heterocycles. The molecule has 3 rings (SSSR count). The molecule has 0 saturated heterocycles. The molecule has 0 spiro atoms. The van der Waals surface area contributed by atoms with Crippen LogP contribution in [0.4, 0.5) is 5.69 Å². The van der Waals surface area contributed by atoms with Crippen molar-refractivity contribution in [3.63, 3.8) is 0 Å². The van der Waals surface area contributed by atoms with Gasteiger partial charge in [0, 0.05) is 5.02 Å². The van der Waals surface area contributed by atoms with Crippen LogP contribution in [0.1, 0.15) is 36.1 Å². The first-order valence-corrected chi connectivity index (χ1v) is 12.8. The van der Waals surface area contributed by atoms with E-state index in [1.165, 1.54) is 12.1 Å². The number of sulfonamides is 1. The highest BCUT2D eigenvalue weighted by Crippen LogP contribution is 2.29. The first kappa shape index (κ1) is 25.6. The molecule has 3 aromatic carbocycles. The predicted molar refractivity (Wildman–Crippen MR) is 136 cm³/mol. The summed E-state index contributed by atoms with van der Waals surface area (Å²) in [6.45, 7) is 5.30. The lowest BCUT2D eigenvalue weighted by Gasteiger charge is -2.27. The van der Waals surface area contributed by atoms with Crippen LogP contribution in [0.25, 0.3) is 0 Å². The Balaban J connectivity index is 1.93. The number of anilines is 1. The number of carbonyl (C=O) groups is 1. The molecule has 1 atom stereocenters. The van der Waals surface area contributed by atoms with Gasteiger partial charge in [-0.05, 0) is 73.4 Å². The zero-order chi connectivity index (χ0) is 24.9. The van der Waals surface area contributed by atoms with E-state index in [2.05, 4.69) is 5.32 Å². The number of rotatable bonds is 9. The summed E-state index contributed by atoms with van der Waals surface area (Å²) in [5, 5.41) is 3.48. The van der Waals surface area contributed by atoms with Crippen molar-refractivity contribution in [3.05, 3.63) is 88.4 Å². The van der Waals surface area contributed by atoms with Gasteiger partial charge in [0.05, 0.1) is 23.7 Å². The molecule has 0 fully saturated rings. The first-order valence-electron chi connectivity index (χ1n) is 10.9. The van der Waals surface area contributed by atoms with Crippen LogP contribution < -0.4 is 14.4 Å². The quantitative estimate of drug-likeness (QED) is 0.425. The smallest absolute Gasteiger partial charge is 0.264 e. The van der Waals surface area contributed by atoms with Gasteiger partial charge >= 0.3 is 0 Å². The number of nitrogens with one attached hydrogen (secondary N) is 1. The van der Waals surface area contributed by atoms with E-state index in [-0.39, 0.29) is 17.5 Å². The number of ether oxygens (including phenoxy) is 1. The molecular weight excluding hydrogens is 472 g/mol. The van der Waals surface area contributed by atoms with Crippen LogP contribution in [0.5, 0.6) is 5.75 Å². The standard InChI is InChI=1S/C26H29ClN2O4S/c1-5-23(20-11-14-25(33-4)19(3)15-20)28-26(30)17-29(24-13-12-21(27)16-18(24)2)34(31,32)22-9-7-6-8-10-22/h6-16,23H,5,17H2,1-4H3,(H,28,30)/t23-/m1/s1. The molecule has 0 aliphatic rings. The lowest BCUT2D eigenvalue weighted by molar-refractivity contribution is -0.120. The molecule has 0 heterocycles. The summed E-state index contributed by atoms with van der Waals surface area (Å²) in [5.41, 5.74) is 2.93. The third-order valence-electron chi connectivity index (χ3n) is 5.61. The van der Waals surface area contributed by atoms with Gasteiger partial charge in [0.2, 0.25) is 5.91 Å². The molecule has 1 amide bonds. The number of hydrogen-bond acceptors (Lipinski definition) is 4. The molecule has 3 aromatic rings. The Morgan fingerprint density at radius 2 is 1.74 bits per heavy atom. The molecule has 6 nitrogen and oxygen atoms in total. The second kappa shape index (κ2) is 10.9. The van der Waals surface area contributed by atoms with Crippen molar-refractivity contribution in [1.82, 2.24) is 5.32 Å². The number of aryl methyl sites for hydroxylation is 2. The van der Waals surface area contributed by atoms with Crippen molar-refractivity contribution < 1.29 is 17.9 Å². The van der Waals surface area contributed by atoms with Gasteiger partial charge in [0.25, 0.3) is 10.0 Å². The van der Waals surface area contributed by atoms with Crippen LogP contribution in [0.2, 0.25) is 5.02 Å². The number of methoxy groups -OCH3 is 1. The summed E-state index contributed by atoms with van der Waals surface area (Å²) >= 11 is 6.09. The highest BCUT2D eigenvalue weighted by atomic mass is 35.5. The summed E-state index contributed by atoms with van der Waals surface area (Å²) in [6, 6.07) is 18.5. The molecule has 1 N–H and O–H groups in total. The van der Waals surface area contributed by atoms with Crippen molar-refractivity contribution in [3.8, 4) is 5.75 Å². The van der Waals surface area contributed by atoms with E-state index in [0.717, 1.165) is 21.2 Å². The molecule has 0 aliphatic carbocycles. The van der Waals surface area contributed by atoms with Crippen LogP contribution in [-0.2, 0) is 14.8 Å². The lowest BCUT2D eigenvalue weighted by Crippen LogP contribution is -2.42. The Kier molecular flexibility index (Phi) is 8.23. The van der Waals surface area contributed by atoms with Gasteiger partial charge < -0.3 is 10.1 Å². The van der Waals surface area contributed by atoms with Crippen molar-refractivity contribution in [2.45, 2.75) is 38.1 Å². The molecule has 0 saturated carbocycles. The molecule has 0 radical (unpaired) electrons. The van der Waals surface area contributed by atoms with Gasteiger partial charge in [-0.15, -0.1) is 0 Å². The van der Waals surface area contributed by atoms with Gasteiger partial charge in [-0.25, -0.2) is 8.42 Å². The van der Waals surface area contributed by atoms with Crippen LogP contribution in [0.3, 0.4) is 0 Å². The number of benzene rings is 3. The molecule has 0 unspecified atom stereocenters. The monoisotopic (exact) mass is 500 g/mol. The maximum absolute atomic E-state index is 13.5. The topological polar surface area (TPSA) is 75.7 Å². The van der Waals surface area contributed by atoms with Crippen molar-refractivity contribution in [2.24, 2.45) is 0 Å². The summed E-state index contributed by atoms with van der Waals surface area (Å²) in [5.74, 6) is 0.359. The average molecular weight is 501 g/mol. The van der Waals surface area contributed by atoms with E-state index in [4.69, 9.17) is 16.3 Å². The van der Waals surface area contributed by atoms with Crippen LogP contribution in [0.15, 0.2) is 71.6 Å². The summed E-state index contributed by atoms with van der Waals surface area (Å²) in [4.78, 5) is 13.3. The Morgan fingerprint density at radius 1 is 1.03 bits per heavy atom. The van der Waals surface area contributed by atoms with Gasteiger partial charge in [-0.2, -0.15) is 0 Å². The van der Waals surface area contributed by atoms with E-state index >= 15 is 0 Å². The Hall–Kier alpha value is -3.03. The van der Waals surface area contributed by atoms with Crippen molar-refractivity contribution in [1.29, 1.82) is 0 Å². The largest absolute Gasteiger partial charge is 0.496 e. The third-order valence-corrected chi connectivity index (χ3v) is 7.62. The summed E-state index contributed by atoms with van der Waals surface area (Å²) < 4.78 is 33.5.